The summed E-state index contributed by atoms with van der Waals surface area (Å²) in [5.41, 5.74) is 0.795. The molecule has 1 aromatic heterocycles. The van der Waals surface area contributed by atoms with Crippen LogP contribution in [0.25, 0.3) is 0 Å². The van der Waals surface area contributed by atoms with Gasteiger partial charge in [-0.3, -0.25) is 0 Å². The van der Waals surface area contributed by atoms with Crippen molar-refractivity contribution in [2.75, 3.05) is 18.0 Å². The van der Waals surface area contributed by atoms with Gasteiger partial charge in [0.15, 0.2) is 5.69 Å². The number of carboxylic acid groups (broad SMARTS) is 1. The predicted octanol–water partition coefficient (Wildman–Crippen LogP) is 2.75. The predicted molar refractivity (Wildman–Crippen MR) is 81.8 cm³/mol. The molecule has 0 saturated heterocycles. The number of aromatic nitrogens is 2. The molecule has 6 heteroatoms. The highest BCUT2D eigenvalue weighted by Gasteiger charge is 2.14. The Kier molecular flexibility index (Phi) is 5.04. The molecule has 1 aromatic carbocycles. The van der Waals surface area contributed by atoms with E-state index in [0.29, 0.717) is 18.1 Å². The van der Waals surface area contributed by atoms with Crippen LogP contribution in [0.3, 0.4) is 0 Å². The molecule has 0 saturated carbocycles. The monoisotopic (exact) mass is 303 g/mol. The minimum atomic E-state index is -1.09. The van der Waals surface area contributed by atoms with Crippen molar-refractivity contribution in [1.82, 2.24) is 9.97 Å². The molecule has 0 bridgehead atoms. The standard InChI is InChI=1S/C16H18FN3O2/c1-3-20(4-2)15-10-13(16(21)22)18-14(19-15)9-11-5-7-12(17)8-6-11/h5-8,10H,3-4,9H2,1-2H3,(H,21,22). The molecule has 1 heterocycles. The van der Waals surface area contributed by atoms with Gasteiger partial charge in [0.2, 0.25) is 0 Å². The third-order valence-electron chi connectivity index (χ3n) is 3.34. The molecule has 2 rings (SSSR count). The lowest BCUT2D eigenvalue weighted by molar-refractivity contribution is 0.0690. The van der Waals surface area contributed by atoms with E-state index in [4.69, 9.17) is 0 Å². The van der Waals surface area contributed by atoms with Crippen molar-refractivity contribution >= 4 is 11.8 Å². The van der Waals surface area contributed by atoms with E-state index >= 15 is 0 Å². The Labute approximate surface area is 128 Å². The van der Waals surface area contributed by atoms with E-state index < -0.39 is 5.97 Å². The Balaban J connectivity index is 2.37. The summed E-state index contributed by atoms with van der Waals surface area (Å²) in [5.74, 6) is -0.396. The van der Waals surface area contributed by atoms with Crippen molar-refractivity contribution in [2.45, 2.75) is 20.3 Å². The van der Waals surface area contributed by atoms with Crippen LogP contribution in [-0.2, 0) is 6.42 Å². The van der Waals surface area contributed by atoms with Crippen LogP contribution in [0.2, 0.25) is 0 Å². The summed E-state index contributed by atoms with van der Waals surface area (Å²) in [6, 6.07) is 7.49. The first-order valence-electron chi connectivity index (χ1n) is 7.14. The van der Waals surface area contributed by atoms with Crippen LogP contribution >= 0.6 is 0 Å². The molecule has 0 atom stereocenters. The number of rotatable bonds is 6. The number of nitrogens with zero attached hydrogens (tertiary/aromatic N) is 3. The summed E-state index contributed by atoms with van der Waals surface area (Å²) in [4.78, 5) is 21.7. The van der Waals surface area contributed by atoms with Gasteiger partial charge in [0.05, 0.1) is 0 Å². The van der Waals surface area contributed by atoms with Gasteiger partial charge in [-0.25, -0.2) is 19.2 Å². The normalized spacial score (nSPS) is 10.5. The zero-order chi connectivity index (χ0) is 16.1. The quantitative estimate of drug-likeness (QED) is 0.889. The average molecular weight is 303 g/mol. The Morgan fingerprint density at radius 3 is 2.36 bits per heavy atom. The lowest BCUT2D eigenvalue weighted by Gasteiger charge is -2.20. The van der Waals surface area contributed by atoms with Crippen molar-refractivity contribution < 1.29 is 14.3 Å². The lowest BCUT2D eigenvalue weighted by atomic mass is 10.1. The third-order valence-corrected chi connectivity index (χ3v) is 3.34. The molecule has 0 radical (unpaired) electrons. The second-order valence-electron chi connectivity index (χ2n) is 4.81. The van der Waals surface area contributed by atoms with Crippen molar-refractivity contribution in [3.8, 4) is 0 Å². The highest BCUT2D eigenvalue weighted by Crippen LogP contribution is 2.15. The smallest absolute Gasteiger partial charge is 0.354 e. The van der Waals surface area contributed by atoms with Gasteiger partial charge >= 0.3 is 5.97 Å². The molecule has 0 aliphatic carbocycles. The molecular formula is C16H18FN3O2. The van der Waals surface area contributed by atoms with Crippen molar-refractivity contribution in [3.05, 3.63) is 53.2 Å². The fraction of sp³-hybridized carbons (Fsp3) is 0.312. The van der Waals surface area contributed by atoms with Crippen molar-refractivity contribution in [2.24, 2.45) is 0 Å². The number of hydrogen-bond acceptors (Lipinski definition) is 4. The molecule has 0 unspecified atom stereocenters. The number of carbonyl (C=O) groups is 1. The molecule has 2 aromatic rings. The van der Waals surface area contributed by atoms with E-state index in [1.807, 2.05) is 18.7 Å². The molecular weight excluding hydrogens is 285 g/mol. The molecule has 22 heavy (non-hydrogen) atoms. The highest BCUT2D eigenvalue weighted by atomic mass is 19.1. The summed E-state index contributed by atoms with van der Waals surface area (Å²) in [5, 5.41) is 9.20. The maximum absolute atomic E-state index is 12.9. The molecule has 0 aliphatic rings. The number of anilines is 1. The topological polar surface area (TPSA) is 66.3 Å². The molecule has 0 fully saturated rings. The summed E-state index contributed by atoms with van der Waals surface area (Å²) in [7, 11) is 0. The van der Waals surface area contributed by atoms with Gasteiger partial charge in [0.25, 0.3) is 0 Å². The maximum atomic E-state index is 12.9. The second kappa shape index (κ2) is 6.98. The SMILES string of the molecule is CCN(CC)c1cc(C(=O)O)nc(Cc2ccc(F)cc2)n1. The van der Waals surface area contributed by atoms with Crippen LogP contribution in [0.5, 0.6) is 0 Å². The zero-order valence-electron chi connectivity index (χ0n) is 12.6. The van der Waals surface area contributed by atoms with E-state index in [1.54, 1.807) is 12.1 Å². The molecule has 0 amide bonds. The number of aromatic carboxylic acids is 1. The largest absolute Gasteiger partial charge is 0.477 e. The third kappa shape index (κ3) is 3.78. The molecule has 1 N–H and O–H groups in total. The Hall–Kier alpha value is -2.50. The molecule has 0 spiro atoms. The van der Waals surface area contributed by atoms with E-state index in [1.165, 1.54) is 18.2 Å². The Morgan fingerprint density at radius 2 is 1.82 bits per heavy atom. The first kappa shape index (κ1) is 15.9. The summed E-state index contributed by atoms with van der Waals surface area (Å²) in [6.45, 7) is 5.41. The van der Waals surface area contributed by atoms with Gasteiger partial charge in [-0.2, -0.15) is 0 Å². The van der Waals surface area contributed by atoms with Gasteiger partial charge in [-0.15, -0.1) is 0 Å². The van der Waals surface area contributed by atoms with Crippen LogP contribution < -0.4 is 4.90 Å². The number of hydrogen-bond donors (Lipinski definition) is 1. The second-order valence-corrected chi connectivity index (χ2v) is 4.81. The van der Waals surface area contributed by atoms with E-state index in [0.717, 1.165) is 18.7 Å². The van der Waals surface area contributed by atoms with Crippen molar-refractivity contribution in [1.29, 1.82) is 0 Å². The van der Waals surface area contributed by atoms with Crippen molar-refractivity contribution in [3.63, 3.8) is 0 Å². The first-order valence-corrected chi connectivity index (χ1v) is 7.14. The van der Waals surface area contributed by atoms with E-state index in [2.05, 4.69) is 9.97 Å². The fourth-order valence-corrected chi connectivity index (χ4v) is 2.17. The molecule has 116 valence electrons. The van der Waals surface area contributed by atoms with Crippen LogP contribution in [0.4, 0.5) is 10.2 Å². The minimum Gasteiger partial charge on any atom is -0.477 e. The minimum absolute atomic E-state index is 0.0333. The fourth-order valence-electron chi connectivity index (χ4n) is 2.17. The molecule has 5 nitrogen and oxygen atoms in total. The van der Waals surface area contributed by atoms with E-state index in [9.17, 15) is 14.3 Å². The first-order chi connectivity index (χ1) is 10.5. The van der Waals surface area contributed by atoms with Crippen LogP contribution in [0.1, 0.15) is 35.7 Å². The lowest BCUT2D eigenvalue weighted by Crippen LogP contribution is -2.24. The zero-order valence-corrected chi connectivity index (χ0v) is 12.6. The highest BCUT2D eigenvalue weighted by molar-refractivity contribution is 5.86. The summed E-state index contributed by atoms with van der Waals surface area (Å²) in [6.07, 6.45) is 0.357. The van der Waals surface area contributed by atoms with Gasteiger partial charge in [-0.1, -0.05) is 12.1 Å². The van der Waals surface area contributed by atoms with Crippen LogP contribution in [-0.4, -0.2) is 34.1 Å². The molecule has 0 aliphatic heterocycles. The maximum Gasteiger partial charge on any atom is 0.354 e. The average Bonchev–Trinajstić information content (AvgIpc) is 2.50. The van der Waals surface area contributed by atoms with Gasteiger partial charge in [0.1, 0.15) is 17.5 Å². The van der Waals surface area contributed by atoms with Gasteiger partial charge in [-0.05, 0) is 31.5 Å². The summed E-state index contributed by atoms with van der Waals surface area (Å²) >= 11 is 0. The Morgan fingerprint density at radius 1 is 1.18 bits per heavy atom. The number of halogens is 1. The summed E-state index contributed by atoms with van der Waals surface area (Å²) < 4.78 is 12.9. The number of benzene rings is 1. The van der Waals surface area contributed by atoms with Gasteiger partial charge < -0.3 is 10.0 Å². The van der Waals surface area contributed by atoms with Gasteiger partial charge in [0, 0.05) is 25.6 Å². The number of carboxylic acids is 1. The Bertz CT molecular complexity index is 655. The van der Waals surface area contributed by atoms with Crippen LogP contribution in [0.15, 0.2) is 30.3 Å². The van der Waals surface area contributed by atoms with Crippen LogP contribution in [0, 0.1) is 5.82 Å². The van der Waals surface area contributed by atoms with E-state index in [-0.39, 0.29) is 11.5 Å².